The molecule has 1 saturated heterocycles. The lowest BCUT2D eigenvalue weighted by Crippen LogP contribution is -2.39. The maximum absolute atomic E-state index is 12.9. The van der Waals surface area contributed by atoms with Crippen LogP contribution < -0.4 is 5.32 Å². The van der Waals surface area contributed by atoms with Crippen LogP contribution >= 0.6 is 0 Å². The molecular formula is C12H19F2N3. The van der Waals surface area contributed by atoms with Gasteiger partial charge in [0.1, 0.15) is 0 Å². The Balaban J connectivity index is 2.20. The Morgan fingerprint density at radius 3 is 2.65 bits per heavy atom. The van der Waals surface area contributed by atoms with Crippen molar-refractivity contribution in [2.75, 3.05) is 26.7 Å². The number of nitrogens with one attached hydrogen (secondary N) is 1. The Morgan fingerprint density at radius 2 is 2.12 bits per heavy atom. The Bertz CT molecular complexity index is 297. The maximum Gasteiger partial charge on any atom is 0.250 e. The second kappa shape index (κ2) is 6.55. The molecule has 0 radical (unpaired) electrons. The number of piperidine rings is 1. The van der Waals surface area contributed by atoms with Crippen LogP contribution in [0.15, 0.2) is 11.8 Å². The lowest BCUT2D eigenvalue weighted by atomic mass is 10.1. The average molecular weight is 243 g/mol. The molecule has 0 atom stereocenters. The first-order valence-electron chi connectivity index (χ1n) is 5.94. The summed E-state index contributed by atoms with van der Waals surface area (Å²) in [5.74, 6) is -2.47. The molecule has 3 nitrogen and oxygen atoms in total. The van der Waals surface area contributed by atoms with Gasteiger partial charge in [0.05, 0.1) is 6.07 Å². The number of hydrogen-bond acceptors (Lipinski definition) is 3. The average Bonchev–Trinajstić information content (AvgIpc) is 2.30. The summed E-state index contributed by atoms with van der Waals surface area (Å²) in [6.07, 6.45) is 3.15. The highest BCUT2D eigenvalue weighted by Gasteiger charge is 2.33. The Morgan fingerprint density at radius 1 is 1.47 bits per heavy atom. The summed E-state index contributed by atoms with van der Waals surface area (Å²) in [5.41, 5.74) is 0.704. The summed E-state index contributed by atoms with van der Waals surface area (Å²) in [7, 11) is 1.75. The third-order valence-corrected chi connectivity index (χ3v) is 2.97. The van der Waals surface area contributed by atoms with Gasteiger partial charge in [-0.25, -0.2) is 8.78 Å². The number of alkyl halides is 2. The quantitative estimate of drug-likeness (QED) is 0.752. The van der Waals surface area contributed by atoms with E-state index in [9.17, 15) is 8.78 Å². The first kappa shape index (κ1) is 13.9. The lowest BCUT2D eigenvalue weighted by molar-refractivity contribution is -0.0551. The minimum absolute atomic E-state index is 0.0372. The van der Waals surface area contributed by atoms with Crippen LogP contribution in [0.5, 0.6) is 0 Å². The Kier molecular flexibility index (Phi) is 5.36. The molecule has 1 aliphatic rings. The normalized spacial score (nSPS) is 20.9. The number of hydrogen-bond donors (Lipinski definition) is 1. The van der Waals surface area contributed by atoms with Gasteiger partial charge in [-0.2, -0.15) is 5.26 Å². The lowest BCUT2D eigenvalue weighted by Gasteiger charge is -2.31. The van der Waals surface area contributed by atoms with Gasteiger partial charge in [0.15, 0.2) is 0 Å². The molecule has 1 fully saturated rings. The van der Waals surface area contributed by atoms with Crippen molar-refractivity contribution in [3.63, 3.8) is 0 Å². The number of allylic oxidation sites excluding steroid dienone is 1. The van der Waals surface area contributed by atoms with Gasteiger partial charge < -0.3 is 10.2 Å². The minimum Gasteiger partial charge on any atom is -0.393 e. The van der Waals surface area contributed by atoms with Crippen molar-refractivity contribution in [2.24, 2.45) is 0 Å². The SMILES string of the molecule is CN/C=C(\C#N)CCCN1CCC(F)(F)CC1. The molecule has 17 heavy (non-hydrogen) atoms. The summed E-state index contributed by atoms with van der Waals surface area (Å²) < 4.78 is 25.8. The molecule has 0 bridgehead atoms. The molecule has 0 unspecified atom stereocenters. The molecule has 1 rings (SSSR count). The zero-order valence-corrected chi connectivity index (χ0v) is 10.2. The zero-order chi connectivity index (χ0) is 12.7. The molecule has 96 valence electrons. The van der Waals surface area contributed by atoms with E-state index >= 15 is 0 Å². The van der Waals surface area contributed by atoms with E-state index in [1.165, 1.54) is 0 Å². The van der Waals surface area contributed by atoms with Crippen molar-refractivity contribution in [3.05, 3.63) is 11.8 Å². The van der Waals surface area contributed by atoms with E-state index in [1.54, 1.807) is 13.2 Å². The van der Waals surface area contributed by atoms with E-state index in [0.717, 1.165) is 13.0 Å². The first-order valence-corrected chi connectivity index (χ1v) is 5.94. The molecule has 5 heteroatoms. The van der Waals surface area contributed by atoms with Crippen LogP contribution in [-0.2, 0) is 0 Å². The first-order chi connectivity index (χ1) is 8.07. The monoisotopic (exact) mass is 243 g/mol. The van der Waals surface area contributed by atoms with Crippen molar-refractivity contribution >= 4 is 0 Å². The summed E-state index contributed by atoms with van der Waals surface area (Å²) in [6, 6.07) is 2.11. The summed E-state index contributed by atoms with van der Waals surface area (Å²) in [5, 5.41) is 11.6. The van der Waals surface area contributed by atoms with E-state index in [2.05, 4.69) is 11.4 Å². The Labute approximate surface area is 101 Å². The van der Waals surface area contributed by atoms with E-state index in [0.29, 0.717) is 25.1 Å². The highest BCUT2D eigenvalue weighted by Crippen LogP contribution is 2.27. The van der Waals surface area contributed by atoms with Gasteiger partial charge >= 0.3 is 0 Å². The van der Waals surface area contributed by atoms with Crippen molar-refractivity contribution in [3.8, 4) is 6.07 Å². The number of rotatable bonds is 5. The van der Waals surface area contributed by atoms with Crippen molar-refractivity contribution in [1.29, 1.82) is 5.26 Å². The summed E-state index contributed by atoms with van der Waals surface area (Å²) in [4.78, 5) is 2.05. The predicted molar refractivity (Wildman–Crippen MR) is 62.6 cm³/mol. The van der Waals surface area contributed by atoms with Crippen LogP contribution in [0, 0.1) is 11.3 Å². The van der Waals surface area contributed by atoms with Gasteiger partial charge in [-0.3, -0.25) is 0 Å². The van der Waals surface area contributed by atoms with Crippen LogP contribution in [0.4, 0.5) is 8.78 Å². The van der Waals surface area contributed by atoms with Crippen LogP contribution in [0.1, 0.15) is 25.7 Å². The number of nitriles is 1. The van der Waals surface area contributed by atoms with Crippen LogP contribution in [0.2, 0.25) is 0 Å². The third kappa shape index (κ3) is 5.14. The van der Waals surface area contributed by atoms with Gasteiger partial charge in [-0.15, -0.1) is 0 Å². The van der Waals surface area contributed by atoms with E-state index in [-0.39, 0.29) is 12.8 Å². The maximum atomic E-state index is 12.9. The van der Waals surface area contributed by atoms with Crippen LogP contribution in [-0.4, -0.2) is 37.5 Å². The molecule has 1 N–H and O–H groups in total. The van der Waals surface area contributed by atoms with Crippen molar-refractivity contribution < 1.29 is 8.78 Å². The molecule has 0 aromatic heterocycles. The van der Waals surface area contributed by atoms with Gasteiger partial charge in [0.25, 0.3) is 5.92 Å². The molecule has 0 amide bonds. The van der Waals surface area contributed by atoms with Gasteiger partial charge in [-0.1, -0.05) is 0 Å². The summed E-state index contributed by atoms with van der Waals surface area (Å²) in [6.45, 7) is 1.72. The van der Waals surface area contributed by atoms with E-state index < -0.39 is 5.92 Å². The molecule has 0 aliphatic carbocycles. The number of nitrogens with zero attached hydrogens (tertiary/aromatic N) is 2. The topological polar surface area (TPSA) is 39.1 Å². The number of halogens is 2. The van der Waals surface area contributed by atoms with Crippen LogP contribution in [0.25, 0.3) is 0 Å². The fourth-order valence-electron chi connectivity index (χ4n) is 1.93. The number of likely N-dealkylation sites (tertiary alicyclic amines) is 1. The largest absolute Gasteiger partial charge is 0.393 e. The predicted octanol–water partition coefficient (Wildman–Crippen LogP) is 2.12. The smallest absolute Gasteiger partial charge is 0.250 e. The highest BCUT2D eigenvalue weighted by molar-refractivity contribution is 5.19. The fraction of sp³-hybridized carbons (Fsp3) is 0.750. The van der Waals surface area contributed by atoms with Gasteiger partial charge in [0, 0.05) is 44.8 Å². The second-order valence-electron chi connectivity index (χ2n) is 4.37. The van der Waals surface area contributed by atoms with Crippen molar-refractivity contribution in [1.82, 2.24) is 10.2 Å². The van der Waals surface area contributed by atoms with Gasteiger partial charge in [-0.05, 0) is 19.4 Å². The molecule has 0 aromatic rings. The fourth-order valence-corrected chi connectivity index (χ4v) is 1.93. The molecule has 1 heterocycles. The Hall–Kier alpha value is -1.15. The highest BCUT2D eigenvalue weighted by atomic mass is 19.3. The van der Waals surface area contributed by atoms with E-state index in [1.807, 2.05) is 4.90 Å². The van der Waals surface area contributed by atoms with E-state index in [4.69, 9.17) is 5.26 Å². The molecule has 0 spiro atoms. The molecule has 0 saturated carbocycles. The minimum atomic E-state index is -2.47. The van der Waals surface area contributed by atoms with Crippen LogP contribution in [0.3, 0.4) is 0 Å². The molecule has 1 aliphatic heterocycles. The summed E-state index contributed by atoms with van der Waals surface area (Å²) >= 11 is 0. The molecule has 0 aromatic carbocycles. The van der Waals surface area contributed by atoms with Crippen molar-refractivity contribution in [2.45, 2.75) is 31.6 Å². The van der Waals surface area contributed by atoms with Gasteiger partial charge in [0.2, 0.25) is 0 Å². The third-order valence-electron chi connectivity index (χ3n) is 2.97. The second-order valence-corrected chi connectivity index (χ2v) is 4.37. The molecular weight excluding hydrogens is 224 g/mol. The zero-order valence-electron chi connectivity index (χ0n) is 10.2. The standard InChI is InChI=1S/C12H19F2N3/c1-16-10-11(9-15)3-2-6-17-7-4-12(13,14)5-8-17/h10,16H,2-8H2,1H3/b11-10-.